The van der Waals surface area contributed by atoms with Crippen LogP contribution in [0.2, 0.25) is 0 Å². The third-order valence-electron chi connectivity index (χ3n) is 1.99. The summed E-state index contributed by atoms with van der Waals surface area (Å²) in [6, 6.07) is 5.51. The molecule has 0 unspecified atom stereocenters. The van der Waals surface area contributed by atoms with Crippen LogP contribution in [0, 0.1) is 0 Å². The Morgan fingerprint density at radius 3 is 2.81 bits per heavy atom. The van der Waals surface area contributed by atoms with Crippen molar-refractivity contribution in [1.29, 1.82) is 0 Å². The molecule has 1 heterocycles. The van der Waals surface area contributed by atoms with Crippen LogP contribution >= 0.6 is 22.6 Å². The number of rotatable bonds is 7. The van der Waals surface area contributed by atoms with E-state index in [0.29, 0.717) is 13.0 Å². The van der Waals surface area contributed by atoms with Crippen LogP contribution < -0.4 is 4.72 Å². The molecule has 0 aliphatic heterocycles. The Kier molecular flexibility index (Phi) is 6.22. The first-order valence-electron chi connectivity index (χ1n) is 5.07. The Balaban J connectivity index is 2.36. The molecule has 0 saturated carbocycles. The van der Waals surface area contributed by atoms with E-state index < -0.39 is 10.0 Å². The van der Waals surface area contributed by atoms with E-state index in [1.54, 1.807) is 6.20 Å². The minimum absolute atomic E-state index is 0.102. The quantitative estimate of drug-likeness (QED) is 0.457. The highest BCUT2D eigenvalue weighted by Gasteiger charge is 2.09. The third-order valence-corrected chi connectivity index (χ3v) is 4.13. The van der Waals surface area contributed by atoms with Gasteiger partial charge in [-0.1, -0.05) is 28.7 Å². The average Bonchev–Trinajstić information content (AvgIpc) is 2.28. The maximum absolute atomic E-state index is 11.5. The molecule has 0 fully saturated rings. The van der Waals surface area contributed by atoms with Crippen molar-refractivity contribution in [3.8, 4) is 0 Å². The highest BCUT2D eigenvalue weighted by Crippen LogP contribution is 1.98. The van der Waals surface area contributed by atoms with Crippen molar-refractivity contribution >= 4 is 32.6 Å². The van der Waals surface area contributed by atoms with Gasteiger partial charge < -0.3 is 0 Å². The summed E-state index contributed by atoms with van der Waals surface area (Å²) < 4.78 is 26.6. The molecule has 0 radical (unpaired) electrons. The summed E-state index contributed by atoms with van der Waals surface area (Å²) in [6.45, 7) is 0.521. The second kappa shape index (κ2) is 7.18. The molecule has 0 spiro atoms. The first kappa shape index (κ1) is 13.9. The molecule has 16 heavy (non-hydrogen) atoms. The van der Waals surface area contributed by atoms with Gasteiger partial charge in [0, 0.05) is 29.3 Å². The molecule has 90 valence electrons. The summed E-state index contributed by atoms with van der Waals surface area (Å²) >= 11 is 2.22. The summed E-state index contributed by atoms with van der Waals surface area (Å²) in [5, 5.41) is 0. The highest BCUT2D eigenvalue weighted by molar-refractivity contribution is 14.1. The number of aryl methyl sites for hydroxylation is 1. The molecule has 4 nitrogen and oxygen atoms in total. The van der Waals surface area contributed by atoms with Gasteiger partial charge in [-0.2, -0.15) is 0 Å². The van der Waals surface area contributed by atoms with Gasteiger partial charge in [0.15, 0.2) is 0 Å². The average molecular weight is 354 g/mol. The smallest absolute Gasteiger partial charge is 0.211 e. The molecule has 0 aromatic carbocycles. The fourth-order valence-corrected chi connectivity index (χ4v) is 2.61. The van der Waals surface area contributed by atoms with Gasteiger partial charge in [0.05, 0.1) is 5.75 Å². The molecule has 1 aromatic rings. The normalized spacial score (nSPS) is 11.6. The summed E-state index contributed by atoms with van der Waals surface area (Å²) in [4.78, 5) is 4.08. The molecule has 1 aromatic heterocycles. The molecule has 0 aliphatic rings. The van der Waals surface area contributed by atoms with E-state index in [0.717, 1.165) is 16.5 Å². The summed E-state index contributed by atoms with van der Waals surface area (Å²) in [5.74, 6) is 0.102. The zero-order valence-electron chi connectivity index (χ0n) is 8.89. The lowest BCUT2D eigenvalue weighted by Gasteiger charge is -2.05. The predicted octanol–water partition coefficient (Wildman–Crippen LogP) is 1.37. The van der Waals surface area contributed by atoms with Crippen molar-refractivity contribution in [2.24, 2.45) is 0 Å². The maximum atomic E-state index is 11.5. The van der Waals surface area contributed by atoms with Gasteiger partial charge in [-0.25, -0.2) is 13.1 Å². The van der Waals surface area contributed by atoms with Crippen molar-refractivity contribution in [2.45, 2.75) is 12.8 Å². The summed E-state index contributed by atoms with van der Waals surface area (Å²) in [6.07, 6.45) is 3.00. The van der Waals surface area contributed by atoms with Crippen LogP contribution in [-0.2, 0) is 16.4 Å². The fraction of sp³-hybridized carbons (Fsp3) is 0.500. The van der Waals surface area contributed by atoms with Gasteiger partial charge in [-0.15, -0.1) is 0 Å². The van der Waals surface area contributed by atoms with Crippen LogP contribution in [0.5, 0.6) is 0 Å². The maximum Gasteiger partial charge on any atom is 0.211 e. The van der Waals surface area contributed by atoms with Gasteiger partial charge >= 0.3 is 0 Å². The Bertz CT molecular complexity index is 395. The first-order valence-corrected chi connectivity index (χ1v) is 8.25. The standard InChI is InChI=1S/C10H15IN2O2S/c11-6-3-8-13-16(14,15)9-5-10-4-1-2-7-12-10/h1-2,4,7,13H,3,5-6,8-9H2. The van der Waals surface area contributed by atoms with E-state index in [1.165, 1.54) is 0 Å². The van der Waals surface area contributed by atoms with Gasteiger partial charge in [0.1, 0.15) is 0 Å². The number of hydrogen-bond acceptors (Lipinski definition) is 3. The second-order valence-electron chi connectivity index (χ2n) is 3.33. The number of hydrogen-bond donors (Lipinski definition) is 1. The van der Waals surface area contributed by atoms with Gasteiger partial charge in [-0.05, 0) is 18.6 Å². The second-order valence-corrected chi connectivity index (χ2v) is 6.33. The number of pyridine rings is 1. The van der Waals surface area contributed by atoms with Crippen molar-refractivity contribution in [2.75, 3.05) is 16.7 Å². The van der Waals surface area contributed by atoms with Gasteiger partial charge in [0.2, 0.25) is 10.0 Å². The predicted molar refractivity (Wildman–Crippen MR) is 73.2 cm³/mol. The fourth-order valence-electron chi connectivity index (χ4n) is 1.15. The van der Waals surface area contributed by atoms with E-state index in [9.17, 15) is 8.42 Å². The van der Waals surface area contributed by atoms with E-state index in [4.69, 9.17) is 0 Å². The summed E-state index contributed by atoms with van der Waals surface area (Å²) in [7, 11) is -3.15. The van der Waals surface area contributed by atoms with E-state index in [1.807, 2.05) is 18.2 Å². The SMILES string of the molecule is O=S(=O)(CCc1ccccn1)NCCCI. The topological polar surface area (TPSA) is 59.1 Å². The van der Waals surface area contributed by atoms with Crippen molar-refractivity contribution in [1.82, 2.24) is 9.71 Å². The van der Waals surface area contributed by atoms with Crippen molar-refractivity contribution in [3.63, 3.8) is 0 Å². The number of halogens is 1. The molecule has 1 rings (SSSR count). The molecular formula is C10H15IN2O2S. The lowest BCUT2D eigenvalue weighted by atomic mass is 10.3. The van der Waals surface area contributed by atoms with E-state index >= 15 is 0 Å². The lowest BCUT2D eigenvalue weighted by Crippen LogP contribution is -2.28. The molecular weight excluding hydrogens is 339 g/mol. The number of nitrogens with zero attached hydrogens (tertiary/aromatic N) is 1. The first-order chi connectivity index (χ1) is 7.64. The lowest BCUT2D eigenvalue weighted by molar-refractivity contribution is 0.580. The van der Waals surface area contributed by atoms with Crippen molar-refractivity contribution < 1.29 is 8.42 Å². The molecule has 0 atom stereocenters. The van der Waals surface area contributed by atoms with Gasteiger partial charge in [-0.3, -0.25) is 4.98 Å². The molecule has 0 aliphatic carbocycles. The molecule has 0 saturated heterocycles. The Labute approximate surface area is 110 Å². The number of alkyl halides is 1. The minimum atomic E-state index is -3.15. The number of nitrogens with one attached hydrogen (secondary N) is 1. The Morgan fingerprint density at radius 1 is 1.38 bits per heavy atom. The summed E-state index contributed by atoms with van der Waals surface area (Å²) in [5.41, 5.74) is 0.807. The minimum Gasteiger partial charge on any atom is -0.261 e. The monoisotopic (exact) mass is 354 g/mol. The molecule has 0 bridgehead atoms. The zero-order valence-corrected chi connectivity index (χ0v) is 11.9. The molecule has 6 heteroatoms. The van der Waals surface area contributed by atoms with Crippen LogP contribution in [0.4, 0.5) is 0 Å². The molecule has 0 amide bonds. The molecule has 1 N–H and O–H groups in total. The highest BCUT2D eigenvalue weighted by atomic mass is 127. The number of aromatic nitrogens is 1. The van der Waals surface area contributed by atoms with Crippen molar-refractivity contribution in [3.05, 3.63) is 30.1 Å². The number of sulfonamides is 1. The third kappa shape index (κ3) is 5.76. The van der Waals surface area contributed by atoms with Crippen LogP contribution in [0.1, 0.15) is 12.1 Å². The zero-order chi connectivity index (χ0) is 11.9. The Hall–Kier alpha value is -0.210. The van der Waals surface area contributed by atoms with Crippen LogP contribution in [0.25, 0.3) is 0 Å². The Morgan fingerprint density at radius 2 is 2.19 bits per heavy atom. The largest absolute Gasteiger partial charge is 0.261 e. The van der Waals surface area contributed by atoms with E-state index in [-0.39, 0.29) is 5.75 Å². The van der Waals surface area contributed by atoms with Gasteiger partial charge in [0.25, 0.3) is 0 Å². The van der Waals surface area contributed by atoms with Crippen LogP contribution in [0.3, 0.4) is 0 Å². The van der Waals surface area contributed by atoms with Crippen LogP contribution in [0.15, 0.2) is 24.4 Å². The van der Waals surface area contributed by atoms with Crippen LogP contribution in [-0.4, -0.2) is 30.1 Å². The van der Waals surface area contributed by atoms with E-state index in [2.05, 4.69) is 32.3 Å².